The monoisotopic (exact) mass is 241 g/mol. The molecule has 4 heteroatoms. The van der Waals surface area contributed by atoms with Gasteiger partial charge in [-0.2, -0.15) is 0 Å². The van der Waals surface area contributed by atoms with Crippen molar-refractivity contribution in [1.29, 1.82) is 0 Å². The third kappa shape index (κ3) is 2.32. The molecule has 1 aliphatic carbocycles. The molecule has 3 N–H and O–H groups in total. The quantitative estimate of drug-likeness (QED) is 0.849. The van der Waals surface area contributed by atoms with Crippen LogP contribution in [0.3, 0.4) is 0 Å². The van der Waals surface area contributed by atoms with Gasteiger partial charge >= 0.3 is 0 Å². The third-order valence-corrected chi connectivity index (χ3v) is 3.26. The van der Waals surface area contributed by atoms with Crippen molar-refractivity contribution in [2.45, 2.75) is 25.0 Å². The normalized spacial score (nSPS) is 19.2. The fourth-order valence-corrected chi connectivity index (χ4v) is 2.06. The number of rotatable bonds is 4. The minimum Gasteiger partial charge on any atom is -0.496 e. The second-order valence-corrected chi connectivity index (χ2v) is 4.68. The highest BCUT2D eigenvalue weighted by atomic mass is 35.5. The topological polar surface area (TPSA) is 55.5 Å². The van der Waals surface area contributed by atoms with E-state index in [4.69, 9.17) is 22.1 Å². The molecule has 88 valence electrons. The second kappa shape index (κ2) is 4.62. The summed E-state index contributed by atoms with van der Waals surface area (Å²) in [6, 6.07) is 4.86. The number of aliphatic hydroxyl groups is 1. The highest BCUT2D eigenvalue weighted by molar-refractivity contribution is 6.30. The minimum atomic E-state index is -0.507. The van der Waals surface area contributed by atoms with Crippen molar-refractivity contribution in [3.05, 3.63) is 28.8 Å². The number of hydrogen-bond acceptors (Lipinski definition) is 3. The molecule has 0 amide bonds. The van der Waals surface area contributed by atoms with Crippen LogP contribution >= 0.6 is 11.6 Å². The van der Waals surface area contributed by atoms with Crippen LogP contribution in [0, 0.1) is 5.92 Å². The SMILES string of the molecule is COc1ccc(Cl)cc1[C@H](N)[C@H](O)C1CC1. The van der Waals surface area contributed by atoms with E-state index in [0.717, 1.165) is 18.4 Å². The van der Waals surface area contributed by atoms with Crippen molar-refractivity contribution < 1.29 is 9.84 Å². The average Bonchev–Trinajstić information content (AvgIpc) is 3.11. The summed E-state index contributed by atoms with van der Waals surface area (Å²) >= 11 is 5.93. The van der Waals surface area contributed by atoms with Crippen molar-refractivity contribution in [3.63, 3.8) is 0 Å². The molecule has 16 heavy (non-hydrogen) atoms. The molecule has 0 aromatic heterocycles. The third-order valence-electron chi connectivity index (χ3n) is 3.02. The van der Waals surface area contributed by atoms with E-state index >= 15 is 0 Å². The maximum absolute atomic E-state index is 10.00. The van der Waals surface area contributed by atoms with Crippen LogP contribution in [0.4, 0.5) is 0 Å². The zero-order chi connectivity index (χ0) is 11.7. The molecule has 0 aliphatic heterocycles. The lowest BCUT2D eigenvalue weighted by Crippen LogP contribution is -2.28. The van der Waals surface area contributed by atoms with E-state index in [-0.39, 0.29) is 0 Å². The lowest BCUT2D eigenvalue weighted by molar-refractivity contribution is 0.121. The molecule has 2 atom stereocenters. The Morgan fingerprint density at radius 3 is 2.75 bits per heavy atom. The second-order valence-electron chi connectivity index (χ2n) is 4.24. The number of aliphatic hydroxyl groups excluding tert-OH is 1. The van der Waals surface area contributed by atoms with Crippen LogP contribution < -0.4 is 10.5 Å². The van der Waals surface area contributed by atoms with Crippen molar-refractivity contribution >= 4 is 11.6 Å². The van der Waals surface area contributed by atoms with Gasteiger partial charge in [0, 0.05) is 10.6 Å². The first-order chi connectivity index (χ1) is 7.63. The minimum absolute atomic E-state index is 0.332. The molecule has 1 aromatic rings. The Morgan fingerprint density at radius 2 is 2.19 bits per heavy atom. The molecule has 0 saturated heterocycles. The van der Waals surface area contributed by atoms with Crippen molar-refractivity contribution in [2.24, 2.45) is 11.7 Å². The Balaban J connectivity index is 2.26. The van der Waals surface area contributed by atoms with Gasteiger partial charge in [0.15, 0.2) is 0 Å². The van der Waals surface area contributed by atoms with Crippen LogP contribution in [-0.2, 0) is 0 Å². The number of benzene rings is 1. The van der Waals surface area contributed by atoms with Gasteiger partial charge in [0.2, 0.25) is 0 Å². The van der Waals surface area contributed by atoms with E-state index in [2.05, 4.69) is 0 Å². The Kier molecular flexibility index (Phi) is 3.38. The van der Waals surface area contributed by atoms with Gasteiger partial charge in [0.1, 0.15) is 5.75 Å². The van der Waals surface area contributed by atoms with Crippen molar-refractivity contribution in [1.82, 2.24) is 0 Å². The summed E-state index contributed by atoms with van der Waals surface area (Å²) in [5.41, 5.74) is 6.81. The molecule has 0 spiro atoms. The number of nitrogens with two attached hydrogens (primary N) is 1. The summed E-state index contributed by atoms with van der Waals surface area (Å²) in [6.45, 7) is 0. The summed E-state index contributed by atoms with van der Waals surface area (Å²) in [5, 5.41) is 10.6. The van der Waals surface area contributed by atoms with Gasteiger partial charge in [-0.1, -0.05) is 11.6 Å². The summed E-state index contributed by atoms with van der Waals surface area (Å²) < 4.78 is 5.22. The van der Waals surface area contributed by atoms with E-state index in [9.17, 15) is 5.11 Å². The standard InChI is InChI=1S/C12H16ClNO2/c1-16-10-5-4-8(13)6-9(10)11(14)12(15)7-2-3-7/h4-7,11-12,15H,2-3,14H2,1H3/t11-,12+/m0/s1. The zero-order valence-electron chi connectivity index (χ0n) is 9.19. The molecule has 1 saturated carbocycles. The summed E-state index contributed by atoms with van der Waals surface area (Å²) in [5.74, 6) is 1.01. The van der Waals surface area contributed by atoms with Gasteiger partial charge in [-0.05, 0) is 37.0 Å². The van der Waals surface area contributed by atoms with Crippen LogP contribution in [0.5, 0.6) is 5.75 Å². The molecule has 3 nitrogen and oxygen atoms in total. The van der Waals surface area contributed by atoms with Gasteiger partial charge in [-0.3, -0.25) is 0 Å². The molecule has 2 rings (SSSR count). The molecule has 0 unspecified atom stereocenters. The highest BCUT2D eigenvalue weighted by Gasteiger charge is 2.35. The van der Waals surface area contributed by atoms with Crippen LogP contribution in [0.1, 0.15) is 24.4 Å². The molecular weight excluding hydrogens is 226 g/mol. The number of ether oxygens (including phenoxy) is 1. The predicted octanol–water partition coefficient (Wildman–Crippen LogP) is 2.12. The van der Waals surface area contributed by atoms with Crippen molar-refractivity contribution in [2.75, 3.05) is 7.11 Å². The lowest BCUT2D eigenvalue weighted by atomic mass is 9.98. The van der Waals surface area contributed by atoms with Crippen LogP contribution in [0.15, 0.2) is 18.2 Å². The van der Waals surface area contributed by atoms with E-state index in [1.54, 1.807) is 25.3 Å². The molecule has 1 aliphatic rings. The summed E-state index contributed by atoms with van der Waals surface area (Å²) in [4.78, 5) is 0. The Bertz CT molecular complexity index is 379. The summed E-state index contributed by atoms with van der Waals surface area (Å²) in [7, 11) is 1.59. The first-order valence-corrected chi connectivity index (χ1v) is 5.78. The van der Waals surface area contributed by atoms with Gasteiger partial charge < -0.3 is 15.6 Å². The molecule has 0 heterocycles. The number of hydrogen-bond donors (Lipinski definition) is 2. The first-order valence-electron chi connectivity index (χ1n) is 5.40. The average molecular weight is 242 g/mol. The van der Waals surface area contributed by atoms with Gasteiger partial charge in [-0.25, -0.2) is 0 Å². The largest absolute Gasteiger partial charge is 0.496 e. The fourth-order valence-electron chi connectivity index (χ4n) is 1.88. The van der Waals surface area contributed by atoms with Gasteiger partial charge in [-0.15, -0.1) is 0 Å². The van der Waals surface area contributed by atoms with E-state index in [1.807, 2.05) is 0 Å². The maximum atomic E-state index is 10.00. The van der Waals surface area contributed by atoms with Crippen LogP contribution in [0.2, 0.25) is 5.02 Å². The van der Waals surface area contributed by atoms with Crippen LogP contribution in [0.25, 0.3) is 0 Å². The zero-order valence-corrected chi connectivity index (χ0v) is 9.95. The van der Waals surface area contributed by atoms with Gasteiger partial charge in [0.25, 0.3) is 0 Å². The predicted molar refractivity (Wildman–Crippen MR) is 63.7 cm³/mol. The van der Waals surface area contributed by atoms with Crippen LogP contribution in [-0.4, -0.2) is 18.3 Å². The number of halogens is 1. The molecule has 1 aromatic carbocycles. The Morgan fingerprint density at radius 1 is 1.50 bits per heavy atom. The Labute approximate surface area is 100 Å². The molecule has 0 bridgehead atoms. The van der Waals surface area contributed by atoms with E-state index in [0.29, 0.717) is 16.7 Å². The van der Waals surface area contributed by atoms with Crippen molar-refractivity contribution in [3.8, 4) is 5.75 Å². The van der Waals surface area contributed by atoms with E-state index in [1.165, 1.54) is 0 Å². The maximum Gasteiger partial charge on any atom is 0.123 e. The lowest BCUT2D eigenvalue weighted by Gasteiger charge is -2.21. The van der Waals surface area contributed by atoms with Gasteiger partial charge in [0.05, 0.1) is 19.3 Å². The smallest absolute Gasteiger partial charge is 0.123 e. The Hall–Kier alpha value is -0.770. The molecule has 0 radical (unpaired) electrons. The molecular formula is C12H16ClNO2. The first kappa shape index (κ1) is 11.7. The van der Waals surface area contributed by atoms with E-state index < -0.39 is 12.1 Å². The fraction of sp³-hybridized carbons (Fsp3) is 0.500. The molecule has 1 fully saturated rings. The highest BCUT2D eigenvalue weighted by Crippen LogP contribution is 2.39. The number of methoxy groups -OCH3 is 1. The summed E-state index contributed by atoms with van der Waals surface area (Å²) in [6.07, 6.45) is 1.60.